The third-order valence-electron chi connectivity index (χ3n) is 1.86. The summed E-state index contributed by atoms with van der Waals surface area (Å²) in [6.07, 6.45) is 1.64. The molecule has 64 valence electrons. The Labute approximate surface area is 76.0 Å². The maximum Gasteiger partial charge on any atom is 0.133 e. The lowest BCUT2D eigenvalue weighted by Gasteiger charge is -2.05. The van der Waals surface area contributed by atoms with Crippen LogP contribution in [0.4, 0.5) is 5.82 Å². The van der Waals surface area contributed by atoms with Gasteiger partial charge < -0.3 is 5.32 Å². The largest absolute Gasteiger partial charge is 0.370 e. The molecule has 0 amide bonds. The molecule has 0 atom stereocenters. The second-order valence-corrected chi connectivity index (χ2v) is 3.66. The summed E-state index contributed by atoms with van der Waals surface area (Å²) in [4.78, 5) is 8.43. The quantitative estimate of drug-likeness (QED) is 0.753. The molecule has 0 saturated heterocycles. The van der Waals surface area contributed by atoms with Crippen LogP contribution in [0, 0.1) is 0 Å². The Balaban J connectivity index is 2.36. The summed E-state index contributed by atoms with van der Waals surface area (Å²) in [6, 6.07) is 0. The van der Waals surface area contributed by atoms with Crippen molar-refractivity contribution in [1.29, 1.82) is 0 Å². The summed E-state index contributed by atoms with van der Waals surface area (Å²) in [5.74, 6) is 3.11. The lowest BCUT2D eigenvalue weighted by molar-refractivity contribution is 1.04. The van der Waals surface area contributed by atoms with E-state index in [-0.39, 0.29) is 0 Å². The molecular weight excluding hydrogens is 170 g/mol. The molecule has 1 N–H and O–H groups in total. The van der Waals surface area contributed by atoms with Gasteiger partial charge in [0.2, 0.25) is 0 Å². The standard InChI is InChI=1S/C8H11N3S/c1-2-9-8-6-3-12-4-7(6)10-5-11-8/h5H,2-4H2,1H3,(H,9,10,11). The van der Waals surface area contributed by atoms with E-state index in [0.29, 0.717) is 0 Å². The number of aromatic nitrogens is 2. The highest BCUT2D eigenvalue weighted by molar-refractivity contribution is 7.98. The van der Waals surface area contributed by atoms with Crippen molar-refractivity contribution < 1.29 is 0 Å². The van der Waals surface area contributed by atoms with Crippen LogP contribution < -0.4 is 5.32 Å². The normalized spacial score (nSPS) is 14.4. The predicted octanol–water partition coefficient (Wildman–Crippen LogP) is 1.66. The second kappa shape index (κ2) is 3.31. The van der Waals surface area contributed by atoms with Gasteiger partial charge in [0.1, 0.15) is 12.1 Å². The SMILES string of the molecule is CCNc1ncnc2c1CSC2. The van der Waals surface area contributed by atoms with Crippen LogP contribution in [-0.2, 0) is 11.5 Å². The maximum absolute atomic E-state index is 4.23. The van der Waals surface area contributed by atoms with Crippen molar-refractivity contribution >= 4 is 17.6 Å². The summed E-state index contributed by atoms with van der Waals surface area (Å²) >= 11 is 1.90. The molecule has 4 heteroatoms. The summed E-state index contributed by atoms with van der Waals surface area (Å²) in [5, 5.41) is 3.24. The average molecular weight is 181 g/mol. The molecule has 0 spiro atoms. The topological polar surface area (TPSA) is 37.8 Å². The van der Waals surface area contributed by atoms with E-state index < -0.39 is 0 Å². The lowest BCUT2D eigenvalue weighted by atomic mass is 10.2. The summed E-state index contributed by atoms with van der Waals surface area (Å²) in [7, 11) is 0. The van der Waals surface area contributed by atoms with E-state index in [2.05, 4.69) is 22.2 Å². The summed E-state index contributed by atoms with van der Waals surface area (Å²) in [6.45, 7) is 3.00. The van der Waals surface area contributed by atoms with Gasteiger partial charge in [0.25, 0.3) is 0 Å². The van der Waals surface area contributed by atoms with Crippen LogP contribution in [-0.4, -0.2) is 16.5 Å². The highest BCUT2D eigenvalue weighted by Gasteiger charge is 2.16. The molecular formula is C8H11N3S. The second-order valence-electron chi connectivity index (χ2n) is 2.67. The molecule has 2 rings (SSSR count). The zero-order valence-electron chi connectivity index (χ0n) is 7.00. The minimum Gasteiger partial charge on any atom is -0.370 e. The van der Waals surface area contributed by atoms with Gasteiger partial charge in [0, 0.05) is 23.6 Å². The molecule has 1 aliphatic rings. The Hall–Kier alpha value is -0.770. The van der Waals surface area contributed by atoms with Gasteiger partial charge in [-0.3, -0.25) is 0 Å². The number of rotatable bonds is 2. The Morgan fingerprint density at radius 2 is 2.42 bits per heavy atom. The Bertz CT molecular complexity index is 288. The monoisotopic (exact) mass is 181 g/mol. The van der Waals surface area contributed by atoms with Crippen molar-refractivity contribution in [1.82, 2.24) is 9.97 Å². The van der Waals surface area contributed by atoms with E-state index in [1.165, 1.54) is 11.3 Å². The molecule has 2 heterocycles. The van der Waals surface area contributed by atoms with Crippen molar-refractivity contribution in [2.75, 3.05) is 11.9 Å². The smallest absolute Gasteiger partial charge is 0.133 e. The third kappa shape index (κ3) is 1.27. The van der Waals surface area contributed by atoms with Crippen LogP contribution in [0.5, 0.6) is 0 Å². The molecule has 1 aromatic rings. The summed E-state index contributed by atoms with van der Waals surface area (Å²) in [5.41, 5.74) is 2.50. The zero-order valence-corrected chi connectivity index (χ0v) is 7.82. The highest BCUT2D eigenvalue weighted by Crippen LogP contribution is 2.31. The Morgan fingerprint density at radius 3 is 3.25 bits per heavy atom. The first kappa shape index (κ1) is 7.86. The molecule has 0 radical (unpaired) electrons. The van der Waals surface area contributed by atoms with Crippen LogP contribution >= 0.6 is 11.8 Å². The van der Waals surface area contributed by atoms with Gasteiger partial charge in [-0.05, 0) is 6.92 Å². The first-order valence-electron chi connectivity index (χ1n) is 4.06. The van der Waals surface area contributed by atoms with Crippen LogP contribution in [0.25, 0.3) is 0 Å². The van der Waals surface area contributed by atoms with Crippen molar-refractivity contribution in [2.45, 2.75) is 18.4 Å². The minimum atomic E-state index is 0.925. The lowest BCUT2D eigenvalue weighted by Crippen LogP contribution is -2.04. The molecule has 0 bridgehead atoms. The first-order chi connectivity index (χ1) is 5.92. The summed E-state index contributed by atoms with van der Waals surface area (Å²) < 4.78 is 0. The molecule has 1 aromatic heterocycles. The van der Waals surface area contributed by atoms with Crippen molar-refractivity contribution in [3.8, 4) is 0 Å². The van der Waals surface area contributed by atoms with E-state index >= 15 is 0 Å². The Kier molecular flexibility index (Phi) is 2.17. The number of hydrogen-bond donors (Lipinski definition) is 1. The fourth-order valence-electron chi connectivity index (χ4n) is 1.29. The minimum absolute atomic E-state index is 0.925. The molecule has 0 saturated carbocycles. The number of hydrogen-bond acceptors (Lipinski definition) is 4. The van der Waals surface area contributed by atoms with E-state index in [4.69, 9.17) is 0 Å². The van der Waals surface area contributed by atoms with E-state index in [9.17, 15) is 0 Å². The molecule has 0 fully saturated rings. The number of nitrogens with zero attached hydrogens (tertiary/aromatic N) is 2. The predicted molar refractivity (Wildman–Crippen MR) is 51.2 cm³/mol. The van der Waals surface area contributed by atoms with E-state index in [0.717, 1.165) is 23.9 Å². The van der Waals surface area contributed by atoms with Crippen LogP contribution in [0.2, 0.25) is 0 Å². The van der Waals surface area contributed by atoms with Crippen molar-refractivity contribution in [3.63, 3.8) is 0 Å². The van der Waals surface area contributed by atoms with Gasteiger partial charge in [-0.15, -0.1) is 0 Å². The van der Waals surface area contributed by atoms with Crippen LogP contribution in [0.1, 0.15) is 18.2 Å². The molecule has 0 unspecified atom stereocenters. The van der Waals surface area contributed by atoms with Gasteiger partial charge in [-0.2, -0.15) is 11.8 Å². The van der Waals surface area contributed by atoms with Gasteiger partial charge in [0.15, 0.2) is 0 Å². The van der Waals surface area contributed by atoms with E-state index in [1.807, 2.05) is 11.8 Å². The van der Waals surface area contributed by atoms with Gasteiger partial charge in [-0.25, -0.2) is 9.97 Å². The van der Waals surface area contributed by atoms with Gasteiger partial charge >= 0.3 is 0 Å². The van der Waals surface area contributed by atoms with Gasteiger partial charge in [0.05, 0.1) is 5.69 Å². The molecule has 0 aromatic carbocycles. The number of nitrogens with one attached hydrogen (secondary N) is 1. The number of fused-ring (bicyclic) bond motifs is 1. The Morgan fingerprint density at radius 1 is 1.50 bits per heavy atom. The molecule has 0 aliphatic carbocycles. The van der Waals surface area contributed by atoms with Crippen LogP contribution in [0.15, 0.2) is 6.33 Å². The van der Waals surface area contributed by atoms with E-state index in [1.54, 1.807) is 6.33 Å². The molecule has 12 heavy (non-hydrogen) atoms. The molecule has 1 aliphatic heterocycles. The van der Waals surface area contributed by atoms with Crippen molar-refractivity contribution in [2.24, 2.45) is 0 Å². The highest BCUT2D eigenvalue weighted by atomic mass is 32.2. The van der Waals surface area contributed by atoms with Crippen molar-refractivity contribution in [3.05, 3.63) is 17.6 Å². The fraction of sp³-hybridized carbons (Fsp3) is 0.500. The number of thioether (sulfide) groups is 1. The first-order valence-corrected chi connectivity index (χ1v) is 5.21. The fourth-order valence-corrected chi connectivity index (χ4v) is 2.35. The number of anilines is 1. The maximum atomic E-state index is 4.23. The average Bonchev–Trinajstić information content (AvgIpc) is 2.53. The molecule has 3 nitrogen and oxygen atoms in total. The zero-order chi connectivity index (χ0) is 8.39. The van der Waals surface area contributed by atoms with Gasteiger partial charge in [-0.1, -0.05) is 0 Å². The van der Waals surface area contributed by atoms with Crippen LogP contribution in [0.3, 0.4) is 0 Å². The third-order valence-corrected chi connectivity index (χ3v) is 2.83.